The van der Waals surface area contributed by atoms with E-state index in [-0.39, 0.29) is 11.5 Å². The molecular formula is C21H23N2O4+. The van der Waals surface area contributed by atoms with Crippen molar-refractivity contribution in [2.75, 3.05) is 26.2 Å². The number of quaternary nitrogens is 1. The first-order chi connectivity index (χ1) is 13.0. The Labute approximate surface area is 157 Å². The Hall–Kier alpha value is -2.86. The normalized spacial score (nSPS) is 15.4. The molecule has 1 N–H and O–H groups in total. The fraction of sp³-hybridized carbons (Fsp3) is 0.333. The number of aryl methyl sites for hydroxylation is 2. The summed E-state index contributed by atoms with van der Waals surface area (Å²) in [6, 6.07) is 9.06. The van der Waals surface area contributed by atoms with Crippen LogP contribution in [0.15, 0.2) is 50.2 Å². The molecule has 2 aromatic heterocycles. The van der Waals surface area contributed by atoms with Gasteiger partial charge in [-0.2, -0.15) is 0 Å². The maximum Gasteiger partial charge on any atom is 0.336 e. The van der Waals surface area contributed by atoms with Crippen LogP contribution in [-0.2, 0) is 6.54 Å². The zero-order chi connectivity index (χ0) is 19.0. The minimum absolute atomic E-state index is 0.0593. The van der Waals surface area contributed by atoms with Crippen LogP contribution in [0, 0.1) is 13.8 Å². The van der Waals surface area contributed by atoms with Crippen molar-refractivity contribution in [2.24, 2.45) is 0 Å². The first kappa shape index (κ1) is 17.5. The van der Waals surface area contributed by atoms with E-state index in [0.717, 1.165) is 36.1 Å². The molecule has 0 unspecified atom stereocenters. The molecule has 1 aromatic carbocycles. The van der Waals surface area contributed by atoms with Gasteiger partial charge in [0.1, 0.15) is 12.1 Å². The van der Waals surface area contributed by atoms with Crippen molar-refractivity contribution in [3.05, 3.63) is 69.5 Å². The number of hydrogen-bond donors (Lipinski definition) is 1. The zero-order valence-electron chi connectivity index (χ0n) is 15.6. The van der Waals surface area contributed by atoms with Crippen molar-refractivity contribution in [3.8, 4) is 0 Å². The van der Waals surface area contributed by atoms with Crippen molar-refractivity contribution < 1.29 is 18.5 Å². The van der Waals surface area contributed by atoms with Crippen molar-refractivity contribution in [1.29, 1.82) is 0 Å². The Bertz CT molecular complexity index is 1030. The molecule has 0 bridgehead atoms. The average Bonchev–Trinajstić information content (AvgIpc) is 3.18. The van der Waals surface area contributed by atoms with Crippen LogP contribution in [0.3, 0.4) is 0 Å². The summed E-state index contributed by atoms with van der Waals surface area (Å²) in [6.45, 7) is 7.83. The Balaban J connectivity index is 1.50. The molecular weight excluding hydrogens is 344 g/mol. The number of piperazine rings is 1. The maximum absolute atomic E-state index is 12.4. The van der Waals surface area contributed by atoms with Crippen LogP contribution < -0.4 is 10.5 Å². The third kappa shape index (κ3) is 3.53. The Morgan fingerprint density at radius 2 is 1.89 bits per heavy atom. The number of amides is 1. The molecule has 1 aliphatic heterocycles. The number of rotatable bonds is 3. The van der Waals surface area contributed by atoms with Gasteiger partial charge in [0, 0.05) is 17.0 Å². The smallest absolute Gasteiger partial charge is 0.336 e. The number of nitrogens with zero attached hydrogens (tertiary/aromatic N) is 1. The van der Waals surface area contributed by atoms with Gasteiger partial charge in [-0.3, -0.25) is 4.79 Å². The minimum atomic E-state index is -0.313. The minimum Gasteiger partial charge on any atom is -0.459 e. The van der Waals surface area contributed by atoms with E-state index in [1.807, 2.05) is 17.9 Å². The van der Waals surface area contributed by atoms with Gasteiger partial charge in [0.25, 0.3) is 5.91 Å². The lowest BCUT2D eigenvalue weighted by Gasteiger charge is -2.31. The van der Waals surface area contributed by atoms with Crippen LogP contribution in [-0.4, -0.2) is 37.0 Å². The van der Waals surface area contributed by atoms with Crippen LogP contribution in [0.25, 0.3) is 11.0 Å². The summed E-state index contributed by atoms with van der Waals surface area (Å²) < 4.78 is 10.6. The third-order valence-corrected chi connectivity index (χ3v) is 5.37. The quantitative estimate of drug-likeness (QED) is 0.713. The molecule has 1 saturated heterocycles. The molecule has 140 valence electrons. The van der Waals surface area contributed by atoms with E-state index in [1.165, 1.54) is 16.7 Å². The van der Waals surface area contributed by atoms with E-state index in [1.54, 1.807) is 18.2 Å². The average molecular weight is 367 g/mol. The number of furan rings is 1. The van der Waals surface area contributed by atoms with E-state index < -0.39 is 0 Å². The van der Waals surface area contributed by atoms with Gasteiger partial charge in [-0.05, 0) is 49.2 Å². The number of carbonyl (C=O) groups is 1. The van der Waals surface area contributed by atoms with Crippen LogP contribution in [0.1, 0.15) is 27.2 Å². The maximum atomic E-state index is 12.4. The molecule has 1 amide bonds. The Morgan fingerprint density at radius 1 is 1.15 bits per heavy atom. The fourth-order valence-corrected chi connectivity index (χ4v) is 3.66. The first-order valence-corrected chi connectivity index (χ1v) is 9.21. The number of nitrogens with one attached hydrogen (secondary N) is 1. The topological polar surface area (TPSA) is 68.1 Å². The largest absolute Gasteiger partial charge is 0.459 e. The highest BCUT2D eigenvalue weighted by Gasteiger charge is 2.26. The number of carbonyl (C=O) groups excluding carboxylic acids is 1. The van der Waals surface area contributed by atoms with E-state index in [9.17, 15) is 9.59 Å². The van der Waals surface area contributed by atoms with Gasteiger partial charge in [0.2, 0.25) is 0 Å². The Morgan fingerprint density at radius 3 is 2.59 bits per heavy atom. The molecule has 6 nitrogen and oxygen atoms in total. The molecule has 27 heavy (non-hydrogen) atoms. The molecule has 0 spiro atoms. The van der Waals surface area contributed by atoms with E-state index in [0.29, 0.717) is 24.4 Å². The predicted molar refractivity (Wildman–Crippen MR) is 101 cm³/mol. The summed E-state index contributed by atoms with van der Waals surface area (Å²) in [6.07, 6.45) is 1.52. The Kier molecular flexibility index (Phi) is 4.58. The summed E-state index contributed by atoms with van der Waals surface area (Å²) in [5.74, 6) is 0.326. The highest BCUT2D eigenvalue weighted by Crippen LogP contribution is 2.21. The lowest BCUT2D eigenvalue weighted by molar-refractivity contribution is -0.917. The van der Waals surface area contributed by atoms with Crippen LogP contribution in [0.5, 0.6) is 0 Å². The van der Waals surface area contributed by atoms with Gasteiger partial charge in [-0.25, -0.2) is 4.79 Å². The predicted octanol–water partition coefficient (Wildman–Crippen LogP) is 1.54. The van der Waals surface area contributed by atoms with Gasteiger partial charge in [-0.1, -0.05) is 0 Å². The second-order valence-corrected chi connectivity index (χ2v) is 7.22. The lowest BCUT2D eigenvalue weighted by atomic mass is 10.0. The van der Waals surface area contributed by atoms with Crippen LogP contribution >= 0.6 is 0 Å². The number of fused-ring (bicyclic) bond motifs is 1. The highest BCUT2D eigenvalue weighted by molar-refractivity contribution is 5.91. The monoisotopic (exact) mass is 367 g/mol. The molecule has 0 atom stereocenters. The molecule has 6 heteroatoms. The van der Waals surface area contributed by atoms with Crippen molar-refractivity contribution >= 4 is 16.9 Å². The summed E-state index contributed by atoms with van der Waals surface area (Å²) in [5, 5.41) is 0.999. The molecule has 1 aliphatic rings. The molecule has 0 radical (unpaired) electrons. The van der Waals surface area contributed by atoms with Crippen molar-refractivity contribution in [2.45, 2.75) is 20.4 Å². The van der Waals surface area contributed by atoms with Crippen LogP contribution in [0.4, 0.5) is 0 Å². The van der Waals surface area contributed by atoms with Gasteiger partial charge in [-0.15, -0.1) is 0 Å². The SMILES string of the molecule is Cc1cc2oc(=O)cc(C[NH+]3CCN(C(=O)c4ccco4)CC3)c2cc1C. The van der Waals surface area contributed by atoms with Gasteiger partial charge < -0.3 is 18.6 Å². The summed E-state index contributed by atoms with van der Waals surface area (Å²) in [5.41, 5.74) is 3.63. The van der Waals surface area contributed by atoms with E-state index in [2.05, 4.69) is 13.0 Å². The highest BCUT2D eigenvalue weighted by atomic mass is 16.4. The van der Waals surface area contributed by atoms with Gasteiger partial charge in [0.15, 0.2) is 5.76 Å². The van der Waals surface area contributed by atoms with Crippen molar-refractivity contribution in [3.63, 3.8) is 0 Å². The molecule has 4 rings (SSSR count). The molecule has 1 fully saturated rings. The summed E-state index contributed by atoms with van der Waals surface area (Å²) in [7, 11) is 0. The number of hydrogen-bond acceptors (Lipinski definition) is 4. The standard InChI is InChI=1S/C21H22N2O4/c1-14-10-17-16(12-20(24)27-19(17)11-15(14)2)13-22-5-7-23(8-6-22)21(25)18-4-3-9-26-18/h3-4,9-12H,5-8,13H2,1-2H3/p+1. The summed E-state index contributed by atoms with van der Waals surface area (Å²) in [4.78, 5) is 27.5. The fourth-order valence-electron chi connectivity index (χ4n) is 3.66. The first-order valence-electron chi connectivity index (χ1n) is 9.21. The second kappa shape index (κ2) is 7.04. The summed E-state index contributed by atoms with van der Waals surface area (Å²) >= 11 is 0. The molecule has 0 saturated carbocycles. The van der Waals surface area contributed by atoms with Crippen molar-refractivity contribution in [1.82, 2.24) is 4.90 Å². The van der Waals surface area contributed by atoms with E-state index in [4.69, 9.17) is 8.83 Å². The van der Waals surface area contributed by atoms with Gasteiger partial charge >= 0.3 is 5.63 Å². The lowest BCUT2D eigenvalue weighted by Crippen LogP contribution is -3.13. The third-order valence-electron chi connectivity index (χ3n) is 5.37. The zero-order valence-corrected chi connectivity index (χ0v) is 15.6. The van der Waals surface area contributed by atoms with Gasteiger partial charge in [0.05, 0.1) is 32.4 Å². The second-order valence-electron chi connectivity index (χ2n) is 7.22. The molecule has 0 aliphatic carbocycles. The van der Waals surface area contributed by atoms with Crippen LogP contribution in [0.2, 0.25) is 0 Å². The molecule has 3 aromatic rings. The van der Waals surface area contributed by atoms with E-state index >= 15 is 0 Å². The molecule has 3 heterocycles. The number of benzene rings is 1.